The fraction of sp³-hybridized carbons (Fsp3) is 0.600. The molecule has 0 saturated carbocycles. The minimum atomic E-state index is -0.167. The van der Waals surface area contributed by atoms with E-state index in [1.165, 1.54) is 24.5 Å². The summed E-state index contributed by atoms with van der Waals surface area (Å²) in [6.07, 6.45) is 2.47. The molecule has 2 nitrogen and oxygen atoms in total. The standard InChI is InChI=1S/C15H23FN2/c1-11-5-7-18(8-6-11)15(10-17)14-4-3-13(16)9-12(14)2/h3-4,9,11,15H,5-8,10,17H2,1-2H3. The van der Waals surface area contributed by atoms with Gasteiger partial charge in [-0.3, -0.25) is 4.90 Å². The molecule has 0 bridgehead atoms. The van der Waals surface area contributed by atoms with Gasteiger partial charge in [-0.15, -0.1) is 0 Å². The number of halogens is 1. The highest BCUT2D eigenvalue weighted by atomic mass is 19.1. The van der Waals surface area contributed by atoms with Gasteiger partial charge in [-0.05, 0) is 62.0 Å². The van der Waals surface area contributed by atoms with E-state index < -0.39 is 0 Å². The molecule has 2 N–H and O–H groups in total. The van der Waals surface area contributed by atoms with Crippen molar-refractivity contribution in [2.75, 3.05) is 19.6 Å². The number of hydrogen-bond donors (Lipinski definition) is 1. The van der Waals surface area contributed by atoms with Gasteiger partial charge in [0.15, 0.2) is 0 Å². The Hall–Kier alpha value is -0.930. The molecule has 1 aliphatic heterocycles. The molecule has 3 heteroatoms. The number of aryl methyl sites for hydroxylation is 1. The van der Waals surface area contributed by atoms with E-state index in [9.17, 15) is 4.39 Å². The van der Waals surface area contributed by atoms with Gasteiger partial charge in [0.25, 0.3) is 0 Å². The molecular formula is C15H23FN2. The maximum Gasteiger partial charge on any atom is 0.123 e. The molecule has 1 aliphatic rings. The lowest BCUT2D eigenvalue weighted by Gasteiger charge is -2.37. The molecule has 0 spiro atoms. The van der Waals surface area contributed by atoms with Gasteiger partial charge < -0.3 is 5.73 Å². The average Bonchev–Trinajstić information content (AvgIpc) is 2.35. The third-order valence-electron chi connectivity index (χ3n) is 4.07. The molecule has 1 saturated heterocycles. The molecule has 0 aliphatic carbocycles. The van der Waals surface area contributed by atoms with Gasteiger partial charge in [0.1, 0.15) is 5.82 Å². The molecule has 1 aromatic rings. The molecule has 1 unspecified atom stereocenters. The van der Waals surface area contributed by atoms with Crippen molar-refractivity contribution in [1.82, 2.24) is 4.90 Å². The molecule has 1 fully saturated rings. The van der Waals surface area contributed by atoms with Crippen LogP contribution in [-0.4, -0.2) is 24.5 Å². The van der Waals surface area contributed by atoms with E-state index in [1.807, 2.05) is 13.0 Å². The van der Waals surface area contributed by atoms with Crippen molar-refractivity contribution < 1.29 is 4.39 Å². The maximum absolute atomic E-state index is 13.2. The van der Waals surface area contributed by atoms with Crippen LogP contribution in [0.4, 0.5) is 4.39 Å². The summed E-state index contributed by atoms with van der Waals surface area (Å²) in [5.74, 6) is 0.647. The first-order chi connectivity index (χ1) is 8.61. The van der Waals surface area contributed by atoms with Gasteiger partial charge in [0, 0.05) is 12.6 Å². The first kappa shape index (κ1) is 13.5. The molecule has 1 heterocycles. The van der Waals surface area contributed by atoms with Gasteiger partial charge in [0.05, 0.1) is 0 Å². The molecule has 1 atom stereocenters. The minimum absolute atomic E-state index is 0.167. The summed E-state index contributed by atoms with van der Waals surface area (Å²) >= 11 is 0. The lowest BCUT2D eigenvalue weighted by Crippen LogP contribution is -2.39. The summed E-state index contributed by atoms with van der Waals surface area (Å²) in [6, 6.07) is 5.26. The molecule has 1 aromatic carbocycles. The first-order valence-electron chi connectivity index (χ1n) is 6.82. The Morgan fingerprint density at radius 2 is 2.06 bits per heavy atom. The third kappa shape index (κ3) is 2.90. The number of piperidine rings is 1. The van der Waals surface area contributed by atoms with Crippen molar-refractivity contribution in [3.8, 4) is 0 Å². The lowest BCUT2D eigenvalue weighted by molar-refractivity contribution is 0.141. The molecule has 0 radical (unpaired) electrons. The van der Waals surface area contributed by atoms with Gasteiger partial charge >= 0.3 is 0 Å². The zero-order valence-corrected chi connectivity index (χ0v) is 11.3. The van der Waals surface area contributed by atoms with E-state index in [1.54, 1.807) is 6.07 Å². The second kappa shape index (κ2) is 5.81. The monoisotopic (exact) mass is 250 g/mol. The van der Waals surface area contributed by atoms with Crippen LogP contribution in [-0.2, 0) is 0 Å². The summed E-state index contributed by atoms with van der Waals surface area (Å²) in [7, 11) is 0. The van der Waals surface area contributed by atoms with Crippen LogP contribution in [0.15, 0.2) is 18.2 Å². The number of hydrogen-bond acceptors (Lipinski definition) is 2. The van der Waals surface area contributed by atoms with Crippen LogP contribution < -0.4 is 5.73 Å². The lowest BCUT2D eigenvalue weighted by atomic mass is 9.94. The predicted octanol–water partition coefficient (Wildman–Crippen LogP) is 2.87. The summed E-state index contributed by atoms with van der Waals surface area (Å²) in [6.45, 7) is 7.06. The van der Waals surface area contributed by atoms with Gasteiger partial charge in [-0.2, -0.15) is 0 Å². The van der Waals surface area contributed by atoms with Crippen LogP contribution in [0.25, 0.3) is 0 Å². The van der Waals surface area contributed by atoms with Crippen molar-refractivity contribution in [3.05, 3.63) is 35.1 Å². The largest absolute Gasteiger partial charge is 0.329 e. The Morgan fingerprint density at radius 1 is 1.39 bits per heavy atom. The number of rotatable bonds is 3. The van der Waals surface area contributed by atoms with E-state index in [2.05, 4.69) is 11.8 Å². The maximum atomic E-state index is 13.2. The molecule has 18 heavy (non-hydrogen) atoms. The van der Waals surface area contributed by atoms with Crippen LogP contribution in [0, 0.1) is 18.7 Å². The van der Waals surface area contributed by atoms with Gasteiger partial charge in [-0.1, -0.05) is 13.0 Å². The Labute approximate surface area is 109 Å². The van der Waals surface area contributed by atoms with E-state index in [0.717, 1.165) is 24.6 Å². The predicted molar refractivity (Wildman–Crippen MR) is 72.9 cm³/mol. The van der Waals surface area contributed by atoms with E-state index in [4.69, 9.17) is 5.73 Å². The fourth-order valence-corrected chi connectivity index (χ4v) is 2.83. The Morgan fingerprint density at radius 3 is 2.61 bits per heavy atom. The normalized spacial score (nSPS) is 20.0. The van der Waals surface area contributed by atoms with Crippen molar-refractivity contribution >= 4 is 0 Å². The molecule has 0 aromatic heterocycles. The molecule has 2 rings (SSSR count). The highest BCUT2D eigenvalue weighted by Crippen LogP contribution is 2.28. The second-order valence-corrected chi connectivity index (χ2v) is 5.47. The van der Waals surface area contributed by atoms with E-state index in [0.29, 0.717) is 6.54 Å². The number of nitrogens with zero attached hydrogens (tertiary/aromatic N) is 1. The fourth-order valence-electron chi connectivity index (χ4n) is 2.83. The van der Waals surface area contributed by atoms with Gasteiger partial charge in [0.2, 0.25) is 0 Å². The van der Waals surface area contributed by atoms with Crippen LogP contribution in [0.2, 0.25) is 0 Å². The summed E-state index contributed by atoms with van der Waals surface area (Å²) in [4.78, 5) is 2.44. The van der Waals surface area contributed by atoms with E-state index >= 15 is 0 Å². The van der Waals surface area contributed by atoms with Crippen molar-refractivity contribution in [2.24, 2.45) is 11.7 Å². The third-order valence-corrected chi connectivity index (χ3v) is 4.07. The summed E-state index contributed by atoms with van der Waals surface area (Å²) in [5.41, 5.74) is 8.12. The van der Waals surface area contributed by atoms with Gasteiger partial charge in [-0.25, -0.2) is 4.39 Å². The zero-order valence-electron chi connectivity index (χ0n) is 11.3. The Balaban J connectivity index is 2.17. The van der Waals surface area contributed by atoms with Crippen LogP contribution >= 0.6 is 0 Å². The number of nitrogens with two attached hydrogens (primary N) is 1. The van der Waals surface area contributed by atoms with Crippen LogP contribution in [0.1, 0.15) is 36.9 Å². The van der Waals surface area contributed by atoms with Crippen LogP contribution in [0.5, 0.6) is 0 Å². The number of benzene rings is 1. The van der Waals surface area contributed by atoms with Crippen LogP contribution in [0.3, 0.4) is 0 Å². The Bertz CT molecular complexity index is 397. The molecule has 0 amide bonds. The summed E-state index contributed by atoms with van der Waals surface area (Å²) in [5, 5.41) is 0. The number of likely N-dealkylation sites (tertiary alicyclic amines) is 1. The Kier molecular flexibility index (Phi) is 4.36. The highest BCUT2D eigenvalue weighted by molar-refractivity contribution is 5.30. The average molecular weight is 250 g/mol. The first-order valence-corrected chi connectivity index (χ1v) is 6.82. The van der Waals surface area contributed by atoms with Crippen molar-refractivity contribution in [1.29, 1.82) is 0 Å². The minimum Gasteiger partial charge on any atom is -0.329 e. The topological polar surface area (TPSA) is 29.3 Å². The zero-order chi connectivity index (χ0) is 13.1. The SMILES string of the molecule is Cc1cc(F)ccc1C(CN)N1CCC(C)CC1. The van der Waals surface area contributed by atoms with Crippen molar-refractivity contribution in [3.63, 3.8) is 0 Å². The smallest absolute Gasteiger partial charge is 0.123 e. The highest BCUT2D eigenvalue weighted by Gasteiger charge is 2.24. The van der Waals surface area contributed by atoms with Crippen molar-refractivity contribution in [2.45, 2.75) is 32.7 Å². The molecular weight excluding hydrogens is 227 g/mol. The quantitative estimate of drug-likeness (QED) is 0.893. The molecule has 100 valence electrons. The van der Waals surface area contributed by atoms with E-state index in [-0.39, 0.29) is 11.9 Å². The summed E-state index contributed by atoms with van der Waals surface area (Å²) < 4.78 is 13.2. The second-order valence-electron chi connectivity index (χ2n) is 5.47.